The normalized spacial score (nSPS) is 17.6. The van der Waals surface area contributed by atoms with Gasteiger partial charge in [-0.2, -0.15) is 0 Å². The first kappa shape index (κ1) is 15.3. The Hall–Kier alpha value is -1.13. The van der Waals surface area contributed by atoms with Crippen LogP contribution in [0.3, 0.4) is 0 Å². The summed E-state index contributed by atoms with van der Waals surface area (Å²) in [6.45, 7) is 6.49. The van der Waals surface area contributed by atoms with Crippen LogP contribution in [0.2, 0.25) is 0 Å². The molecule has 1 aliphatic rings. The highest BCUT2D eigenvalue weighted by Crippen LogP contribution is 2.16. The monoisotopic (exact) mass is 276 g/mol. The SMILES string of the molecule is CCCNc1cccc(CN2CCC(N(C)C)CC2)n1. The minimum Gasteiger partial charge on any atom is -0.370 e. The van der Waals surface area contributed by atoms with E-state index in [0.717, 1.165) is 31.4 Å². The first-order valence-electron chi connectivity index (χ1n) is 7.77. The summed E-state index contributed by atoms with van der Waals surface area (Å²) >= 11 is 0. The van der Waals surface area contributed by atoms with Crippen LogP contribution in [0.15, 0.2) is 18.2 Å². The highest BCUT2D eigenvalue weighted by Gasteiger charge is 2.20. The van der Waals surface area contributed by atoms with E-state index in [-0.39, 0.29) is 0 Å². The summed E-state index contributed by atoms with van der Waals surface area (Å²) in [5.74, 6) is 1.01. The molecule has 0 spiro atoms. The zero-order valence-electron chi connectivity index (χ0n) is 13.1. The van der Waals surface area contributed by atoms with E-state index in [4.69, 9.17) is 4.98 Å². The molecule has 1 fully saturated rings. The smallest absolute Gasteiger partial charge is 0.126 e. The average Bonchev–Trinajstić information content (AvgIpc) is 2.46. The minimum atomic E-state index is 0.747. The molecule has 0 atom stereocenters. The van der Waals surface area contributed by atoms with Gasteiger partial charge in [0.1, 0.15) is 5.82 Å². The first-order chi connectivity index (χ1) is 9.69. The van der Waals surface area contributed by atoms with E-state index in [1.54, 1.807) is 0 Å². The van der Waals surface area contributed by atoms with Crippen LogP contribution in [0.5, 0.6) is 0 Å². The maximum absolute atomic E-state index is 4.70. The van der Waals surface area contributed by atoms with Gasteiger partial charge in [0, 0.05) is 32.2 Å². The molecule has 0 bridgehead atoms. The van der Waals surface area contributed by atoms with Crippen molar-refractivity contribution in [1.29, 1.82) is 0 Å². The zero-order chi connectivity index (χ0) is 14.4. The van der Waals surface area contributed by atoms with Crippen LogP contribution in [0.1, 0.15) is 31.9 Å². The average molecular weight is 276 g/mol. The Morgan fingerprint density at radius 2 is 2.05 bits per heavy atom. The summed E-state index contributed by atoms with van der Waals surface area (Å²) in [6.07, 6.45) is 3.66. The van der Waals surface area contributed by atoms with E-state index in [1.807, 2.05) is 0 Å². The number of hydrogen-bond acceptors (Lipinski definition) is 4. The number of piperidine rings is 1. The van der Waals surface area contributed by atoms with E-state index in [9.17, 15) is 0 Å². The van der Waals surface area contributed by atoms with Crippen molar-refractivity contribution in [1.82, 2.24) is 14.8 Å². The second kappa shape index (κ2) is 7.60. The molecule has 1 aliphatic heterocycles. The van der Waals surface area contributed by atoms with Crippen LogP contribution >= 0.6 is 0 Å². The lowest BCUT2D eigenvalue weighted by atomic mass is 10.0. The molecule has 1 aromatic heterocycles. The number of nitrogens with one attached hydrogen (secondary N) is 1. The molecule has 4 nitrogen and oxygen atoms in total. The fourth-order valence-electron chi connectivity index (χ4n) is 2.74. The molecule has 0 aliphatic carbocycles. The Balaban J connectivity index is 1.84. The number of rotatable bonds is 6. The highest BCUT2D eigenvalue weighted by molar-refractivity contribution is 5.35. The van der Waals surface area contributed by atoms with Crippen molar-refractivity contribution in [3.05, 3.63) is 23.9 Å². The molecule has 2 rings (SSSR count). The highest BCUT2D eigenvalue weighted by atomic mass is 15.2. The van der Waals surface area contributed by atoms with Crippen molar-refractivity contribution in [3.8, 4) is 0 Å². The Labute approximate surface area is 123 Å². The van der Waals surface area contributed by atoms with E-state index in [1.165, 1.54) is 31.6 Å². The maximum atomic E-state index is 4.70. The van der Waals surface area contributed by atoms with Crippen molar-refractivity contribution in [2.24, 2.45) is 0 Å². The number of nitrogens with zero attached hydrogens (tertiary/aromatic N) is 3. The molecule has 1 aromatic rings. The fraction of sp³-hybridized carbons (Fsp3) is 0.688. The summed E-state index contributed by atoms with van der Waals surface area (Å²) in [6, 6.07) is 7.04. The predicted octanol–water partition coefficient (Wildman–Crippen LogP) is 2.43. The molecule has 4 heteroatoms. The second-order valence-electron chi connectivity index (χ2n) is 5.91. The number of hydrogen-bond donors (Lipinski definition) is 1. The van der Waals surface area contributed by atoms with Gasteiger partial charge in [-0.3, -0.25) is 4.90 Å². The molecule has 20 heavy (non-hydrogen) atoms. The summed E-state index contributed by atoms with van der Waals surface area (Å²) in [5, 5.41) is 3.36. The quantitative estimate of drug-likeness (QED) is 0.864. The second-order valence-corrected chi connectivity index (χ2v) is 5.91. The molecule has 1 saturated heterocycles. The molecule has 112 valence electrons. The van der Waals surface area contributed by atoms with Crippen molar-refractivity contribution < 1.29 is 0 Å². The van der Waals surface area contributed by atoms with Crippen LogP contribution < -0.4 is 5.32 Å². The lowest BCUT2D eigenvalue weighted by Crippen LogP contribution is -2.41. The number of likely N-dealkylation sites (tertiary alicyclic amines) is 1. The number of anilines is 1. The van der Waals surface area contributed by atoms with Crippen LogP contribution in [0, 0.1) is 0 Å². The van der Waals surface area contributed by atoms with Crippen molar-refractivity contribution in [2.75, 3.05) is 39.0 Å². The first-order valence-corrected chi connectivity index (χ1v) is 7.77. The summed E-state index contributed by atoms with van der Waals surface area (Å²) < 4.78 is 0. The van der Waals surface area contributed by atoms with Crippen molar-refractivity contribution in [3.63, 3.8) is 0 Å². The van der Waals surface area contributed by atoms with Crippen LogP contribution in [-0.2, 0) is 6.54 Å². The van der Waals surface area contributed by atoms with Gasteiger partial charge in [-0.05, 0) is 45.5 Å². The molecule has 0 aromatic carbocycles. The Morgan fingerprint density at radius 3 is 2.70 bits per heavy atom. The van der Waals surface area contributed by atoms with Gasteiger partial charge in [0.2, 0.25) is 0 Å². The van der Waals surface area contributed by atoms with E-state index in [2.05, 4.69) is 54.3 Å². The lowest BCUT2D eigenvalue weighted by Gasteiger charge is -2.35. The Kier molecular flexibility index (Phi) is 5.80. The van der Waals surface area contributed by atoms with E-state index < -0.39 is 0 Å². The Morgan fingerprint density at radius 1 is 1.30 bits per heavy atom. The molecular weight excluding hydrogens is 248 g/mol. The van der Waals surface area contributed by atoms with Gasteiger partial charge < -0.3 is 10.2 Å². The van der Waals surface area contributed by atoms with Gasteiger partial charge in [0.05, 0.1) is 5.69 Å². The number of pyridine rings is 1. The molecular formula is C16H28N4. The minimum absolute atomic E-state index is 0.747. The van der Waals surface area contributed by atoms with Crippen LogP contribution in [0.25, 0.3) is 0 Å². The van der Waals surface area contributed by atoms with Crippen LogP contribution in [-0.4, -0.2) is 54.6 Å². The van der Waals surface area contributed by atoms with Gasteiger partial charge >= 0.3 is 0 Å². The third-order valence-corrected chi connectivity index (χ3v) is 4.04. The molecule has 0 saturated carbocycles. The third-order valence-electron chi connectivity index (χ3n) is 4.04. The van der Waals surface area contributed by atoms with Crippen molar-refractivity contribution in [2.45, 2.75) is 38.8 Å². The number of aromatic nitrogens is 1. The molecule has 0 unspecified atom stereocenters. The third kappa shape index (κ3) is 4.46. The zero-order valence-corrected chi connectivity index (χ0v) is 13.1. The predicted molar refractivity (Wildman–Crippen MR) is 85.0 cm³/mol. The van der Waals surface area contributed by atoms with Gasteiger partial charge in [-0.1, -0.05) is 13.0 Å². The molecule has 2 heterocycles. The lowest BCUT2D eigenvalue weighted by molar-refractivity contribution is 0.139. The topological polar surface area (TPSA) is 31.4 Å². The van der Waals surface area contributed by atoms with E-state index in [0.29, 0.717) is 0 Å². The largest absolute Gasteiger partial charge is 0.370 e. The van der Waals surface area contributed by atoms with Gasteiger partial charge in [-0.15, -0.1) is 0 Å². The fourth-order valence-corrected chi connectivity index (χ4v) is 2.74. The van der Waals surface area contributed by atoms with Gasteiger partial charge in [0.25, 0.3) is 0 Å². The standard InChI is InChI=1S/C16H28N4/c1-4-10-17-16-7-5-6-14(18-16)13-20-11-8-15(9-12-20)19(2)3/h5-7,15H,4,8-13H2,1-3H3,(H,17,18). The van der Waals surface area contributed by atoms with E-state index >= 15 is 0 Å². The van der Waals surface area contributed by atoms with Crippen molar-refractivity contribution >= 4 is 5.82 Å². The summed E-state index contributed by atoms with van der Waals surface area (Å²) in [7, 11) is 4.37. The van der Waals surface area contributed by atoms with Crippen LogP contribution in [0.4, 0.5) is 5.82 Å². The summed E-state index contributed by atoms with van der Waals surface area (Å²) in [4.78, 5) is 9.57. The molecule has 0 radical (unpaired) electrons. The van der Waals surface area contributed by atoms with Gasteiger partial charge in [0.15, 0.2) is 0 Å². The Bertz CT molecular complexity index is 397. The molecule has 1 N–H and O–H groups in total. The summed E-state index contributed by atoms with van der Waals surface area (Å²) in [5.41, 5.74) is 1.18. The maximum Gasteiger partial charge on any atom is 0.126 e. The molecule has 0 amide bonds. The van der Waals surface area contributed by atoms with Gasteiger partial charge in [-0.25, -0.2) is 4.98 Å².